The Morgan fingerprint density at radius 1 is 0.397 bits per heavy atom. The lowest BCUT2D eigenvalue weighted by Gasteiger charge is -2.41. The third kappa shape index (κ3) is 15.5. The summed E-state index contributed by atoms with van der Waals surface area (Å²) in [5, 5.41) is 19.8. The van der Waals surface area contributed by atoms with E-state index in [1.165, 1.54) is 82.6 Å². The Kier molecular flexibility index (Phi) is 17.0. The second kappa shape index (κ2) is 22.6. The highest BCUT2D eigenvalue weighted by atomic mass is 19.4. The van der Waals surface area contributed by atoms with Gasteiger partial charge in [0.05, 0.1) is 25.2 Å². The molecule has 2 heterocycles. The molecule has 0 saturated heterocycles. The Labute approximate surface area is 430 Å². The average molecular weight is 1130 g/mol. The summed E-state index contributed by atoms with van der Waals surface area (Å²) in [5.74, 6) is -2.09. The number of anilines is 2. The van der Waals surface area contributed by atoms with Crippen LogP contribution in [-0.4, -0.2) is 73.3 Å². The van der Waals surface area contributed by atoms with Crippen LogP contribution in [0.15, 0.2) is 133 Å². The van der Waals surface area contributed by atoms with Gasteiger partial charge in [0.1, 0.15) is 23.0 Å². The van der Waals surface area contributed by atoms with Crippen molar-refractivity contribution in [3.8, 4) is 45.3 Å². The first-order valence-electron chi connectivity index (χ1n) is 22.9. The van der Waals surface area contributed by atoms with Crippen LogP contribution in [0.2, 0.25) is 0 Å². The standard InChI is InChI=1S/2C26H20F9NO3/c2*27-24(28,29)23(37)14-36-21(16-5-2-7-18(13-16)39-26(33,34)35)11-10-20-19(8-3-9-22(20)36)15-4-1-6-17(12-15)38-25(30,31)32/h2*1-9,12-13,21,23,37H,10-11,14H2. The van der Waals surface area contributed by atoms with Crippen molar-refractivity contribution < 1.29 is 108 Å². The topological polar surface area (TPSA) is 83.9 Å². The molecule has 6 aromatic rings. The van der Waals surface area contributed by atoms with E-state index in [9.17, 15) is 89.2 Å². The third-order valence-electron chi connectivity index (χ3n) is 12.2. The zero-order valence-electron chi connectivity index (χ0n) is 39.5. The SMILES string of the molecule is OC(CN1c2cccc(-c3cccc(OC(F)(F)F)c3)c2CCC1c1cccc(OC(F)(F)F)c1)C(F)(F)F.OC(CN1c2cccc(-c3cccc(OC(F)(F)F)c3)c2CCC1c1cccc(OC(F)(F)F)c1)C(F)(F)F. The summed E-state index contributed by atoms with van der Waals surface area (Å²) in [7, 11) is 0. The normalized spacial score (nSPS) is 17.0. The first-order chi connectivity index (χ1) is 36.2. The van der Waals surface area contributed by atoms with E-state index >= 15 is 0 Å². The molecule has 0 radical (unpaired) electrons. The molecule has 4 unspecified atom stereocenters. The summed E-state index contributed by atoms with van der Waals surface area (Å²) in [6, 6.07) is 27.2. The smallest absolute Gasteiger partial charge is 0.406 e. The Hall–Kier alpha value is -7.22. The lowest BCUT2D eigenvalue weighted by molar-refractivity contribution is -0.275. The van der Waals surface area contributed by atoms with E-state index < -0.39 is 98.2 Å². The predicted octanol–water partition coefficient (Wildman–Crippen LogP) is 15.1. The number of hydrogen-bond acceptors (Lipinski definition) is 8. The molecule has 6 aromatic carbocycles. The molecule has 0 amide bonds. The number of benzene rings is 6. The number of nitrogens with zero attached hydrogens (tertiary/aromatic N) is 2. The van der Waals surface area contributed by atoms with Gasteiger partial charge in [0.2, 0.25) is 0 Å². The Bertz CT molecular complexity index is 2810. The largest absolute Gasteiger partial charge is 0.573 e. The molecule has 2 N–H and O–H groups in total. The summed E-state index contributed by atoms with van der Waals surface area (Å²) in [6.45, 7) is -1.88. The average Bonchev–Trinajstić information content (AvgIpc) is 3.36. The van der Waals surface area contributed by atoms with Crippen LogP contribution in [0.4, 0.5) is 90.4 Å². The Morgan fingerprint density at radius 2 is 0.692 bits per heavy atom. The van der Waals surface area contributed by atoms with Crippen molar-refractivity contribution in [2.24, 2.45) is 0 Å². The molecule has 26 heteroatoms. The van der Waals surface area contributed by atoms with Gasteiger partial charge in [-0.15, -0.1) is 52.7 Å². The number of rotatable bonds is 12. The monoisotopic (exact) mass is 1130 g/mol. The third-order valence-corrected chi connectivity index (χ3v) is 12.2. The van der Waals surface area contributed by atoms with Gasteiger partial charge in [-0.2, -0.15) is 26.3 Å². The van der Waals surface area contributed by atoms with E-state index in [-0.39, 0.29) is 48.2 Å². The van der Waals surface area contributed by atoms with E-state index in [2.05, 4.69) is 18.9 Å². The highest BCUT2D eigenvalue weighted by Gasteiger charge is 2.44. The number of fused-ring (bicyclic) bond motifs is 2. The maximum absolute atomic E-state index is 13.4. The molecular weight excluding hydrogens is 1090 g/mol. The van der Waals surface area contributed by atoms with Crippen molar-refractivity contribution in [3.05, 3.63) is 156 Å². The number of halogens is 18. The summed E-state index contributed by atoms with van der Waals surface area (Å²) in [4.78, 5) is 2.48. The number of aliphatic hydroxyl groups excluding tert-OH is 2. The van der Waals surface area contributed by atoms with E-state index in [0.29, 0.717) is 33.4 Å². The fourth-order valence-corrected chi connectivity index (χ4v) is 9.25. The maximum atomic E-state index is 13.4. The molecule has 0 spiro atoms. The van der Waals surface area contributed by atoms with Crippen LogP contribution in [-0.2, 0) is 12.8 Å². The van der Waals surface area contributed by atoms with E-state index in [1.807, 2.05) is 0 Å². The van der Waals surface area contributed by atoms with Gasteiger partial charge in [-0.05, 0) is 131 Å². The lowest BCUT2D eigenvalue weighted by atomic mass is 9.86. The second-order valence-electron chi connectivity index (χ2n) is 17.5. The molecule has 2 aliphatic heterocycles. The summed E-state index contributed by atoms with van der Waals surface area (Å²) in [5.41, 5.74) is 3.41. The van der Waals surface area contributed by atoms with E-state index in [4.69, 9.17) is 0 Å². The second-order valence-corrected chi connectivity index (χ2v) is 17.5. The molecule has 0 aliphatic carbocycles. The number of β-amino-alcohol motifs (C(OH)–C–C–N with tert-alkyl or cyclic N) is 2. The van der Waals surface area contributed by atoms with Gasteiger partial charge in [0, 0.05) is 11.4 Å². The number of alkyl halides is 18. The molecule has 2 aliphatic rings. The summed E-state index contributed by atoms with van der Waals surface area (Å²) < 4.78 is 249. The number of aliphatic hydroxyl groups is 2. The molecule has 0 saturated carbocycles. The Morgan fingerprint density at radius 3 is 1.00 bits per heavy atom. The molecule has 420 valence electrons. The van der Waals surface area contributed by atoms with Gasteiger partial charge in [-0.25, -0.2) is 0 Å². The molecular formula is C52H40F18N2O6. The Balaban J connectivity index is 0.000000226. The zero-order valence-corrected chi connectivity index (χ0v) is 39.5. The van der Waals surface area contributed by atoms with E-state index in [0.717, 1.165) is 48.5 Å². The van der Waals surface area contributed by atoms with Gasteiger partial charge < -0.3 is 39.0 Å². The molecule has 78 heavy (non-hydrogen) atoms. The fourth-order valence-electron chi connectivity index (χ4n) is 9.25. The van der Waals surface area contributed by atoms with Crippen molar-refractivity contribution in [2.75, 3.05) is 22.9 Å². The van der Waals surface area contributed by atoms with Crippen molar-refractivity contribution in [2.45, 2.75) is 87.8 Å². The molecule has 8 nitrogen and oxygen atoms in total. The van der Waals surface area contributed by atoms with E-state index in [1.54, 1.807) is 12.1 Å². The molecule has 0 fully saturated rings. The maximum Gasteiger partial charge on any atom is 0.573 e. The minimum atomic E-state index is -4.98. The molecule has 0 bridgehead atoms. The van der Waals surface area contributed by atoms with Crippen molar-refractivity contribution in [3.63, 3.8) is 0 Å². The molecule has 4 atom stereocenters. The lowest BCUT2D eigenvalue weighted by Crippen LogP contribution is -2.44. The minimum Gasteiger partial charge on any atom is -0.406 e. The summed E-state index contributed by atoms with van der Waals surface area (Å²) >= 11 is 0. The van der Waals surface area contributed by atoms with Crippen LogP contribution < -0.4 is 28.7 Å². The summed E-state index contributed by atoms with van der Waals surface area (Å²) in [6.07, 6.45) is -34.7. The first-order valence-corrected chi connectivity index (χ1v) is 22.9. The number of ether oxygens (including phenoxy) is 4. The molecule has 8 rings (SSSR count). The molecule has 0 aromatic heterocycles. The van der Waals surface area contributed by atoms with Gasteiger partial charge in [0.25, 0.3) is 0 Å². The highest BCUT2D eigenvalue weighted by Crippen LogP contribution is 2.47. The van der Waals surface area contributed by atoms with Gasteiger partial charge >= 0.3 is 37.8 Å². The van der Waals surface area contributed by atoms with Gasteiger partial charge in [-0.3, -0.25) is 0 Å². The quantitative estimate of drug-likeness (QED) is 0.117. The van der Waals surface area contributed by atoms with Crippen LogP contribution in [0.25, 0.3) is 22.3 Å². The van der Waals surface area contributed by atoms with Crippen molar-refractivity contribution >= 4 is 11.4 Å². The van der Waals surface area contributed by atoms with Gasteiger partial charge in [-0.1, -0.05) is 72.8 Å². The highest BCUT2D eigenvalue weighted by molar-refractivity contribution is 5.78. The van der Waals surface area contributed by atoms with Crippen LogP contribution in [0.1, 0.15) is 47.2 Å². The predicted molar refractivity (Wildman–Crippen MR) is 244 cm³/mol. The van der Waals surface area contributed by atoms with Crippen LogP contribution in [0, 0.1) is 0 Å². The fraction of sp³-hybridized carbons (Fsp3) is 0.308. The first kappa shape index (κ1) is 58.5. The van der Waals surface area contributed by atoms with Crippen LogP contribution in [0.3, 0.4) is 0 Å². The zero-order chi connectivity index (χ0) is 57.2. The van der Waals surface area contributed by atoms with Crippen LogP contribution in [0.5, 0.6) is 23.0 Å². The van der Waals surface area contributed by atoms with Crippen molar-refractivity contribution in [1.82, 2.24) is 0 Å². The van der Waals surface area contributed by atoms with Gasteiger partial charge in [0.15, 0.2) is 12.2 Å². The van der Waals surface area contributed by atoms with Crippen molar-refractivity contribution in [1.29, 1.82) is 0 Å². The van der Waals surface area contributed by atoms with Crippen LogP contribution >= 0.6 is 0 Å². The number of hydrogen-bond donors (Lipinski definition) is 2. The minimum absolute atomic E-state index is 0.128.